The number of thioether (sulfide) groups is 1. The Morgan fingerprint density at radius 2 is 1.66 bits per heavy atom. The monoisotopic (exact) mass is 409 g/mol. The van der Waals surface area contributed by atoms with Crippen LogP contribution in [0, 0.1) is 0 Å². The summed E-state index contributed by atoms with van der Waals surface area (Å²) in [7, 11) is 0. The van der Waals surface area contributed by atoms with Gasteiger partial charge in [-0.15, -0.1) is 10.2 Å². The highest BCUT2D eigenvalue weighted by Gasteiger charge is 2.26. The van der Waals surface area contributed by atoms with Crippen LogP contribution < -0.4 is 10.6 Å². The van der Waals surface area contributed by atoms with E-state index < -0.39 is 17.2 Å². The summed E-state index contributed by atoms with van der Waals surface area (Å²) in [6, 6.07) is 18.6. The molecule has 7 nitrogen and oxygen atoms in total. The van der Waals surface area contributed by atoms with Crippen LogP contribution >= 0.6 is 11.8 Å². The average molecular weight is 410 g/mol. The Bertz CT molecular complexity index is 960. The van der Waals surface area contributed by atoms with Crippen LogP contribution in [-0.4, -0.2) is 33.2 Å². The molecule has 0 aliphatic heterocycles. The fourth-order valence-electron chi connectivity index (χ4n) is 2.85. The lowest BCUT2D eigenvalue weighted by Crippen LogP contribution is -2.41. The summed E-state index contributed by atoms with van der Waals surface area (Å²) in [5, 5.41) is 13.6. The number of hydrogen-bond acceptors (Lipinski definition) is 5. The van der Waals surface area contributed by atoms with Crippen LogP contribution in [0.1, 0.15) is 24.7 Å². The third kappa shape index (κ3) is 5.03. The normalized spacial score (nSPS) is 11.7. The quantitative estimate of drug-likeness (QED) is 0.582. The second-order valence-electron chi connectivity index (χ2n) is 6.17. The largest absolute Gasteiger partial charge is 0.338 e. The lowest BCUT2D eigenvalue weighted by Gasteiger charge is -2.16. The molecule has 0 unspecified atom stereocenters. The van der Waals surface area contributed by atoms with Crippen LogP contribution in [0.2, 0.25) is 0 Å². The summed E-state index contributed by atoms with van der Waals surface area (Å²) in [4.78, 5) is 24.7. The van der Waals surface area contributed by atoms with Crippen LogP contribution in [0.15, 0.2) is 65.8 Å². The van der Waals surface area contributed by atoms with Crippen molar-refractivity contribution in [2.24, 2.45) is 0 Å². The zero-order valence-electron chi connectivity index (χ0n) is 16.3. The fourth-order valence-corrected chi connectivity index (χ4v) is 3.95. The highest BCUT2D eigenvalue weighted by atomic mass is 32.2. The molecule has 1 heterocycles. The molecule has 0 saturated carbocycles. The summed E-state index contributed by atoms with van der Waals surface area (Å²) in [6.07, 6.45) is 0. The number of rotatable bonds is 7. The molecule has 0 fully saturated rings. The van der Waals surface area contributed by atoms with Crippen LogP contribution in [0.25, 0.3) is 11.4 Å². The first kappa shape index (κ1) is 20.6. The molecule has 2 N–H and O–H groups in total. The molecule has 29 heavy (non-hydrogen) atoms. The molecule has 3 rings (SSSR count). The van der Waals surface area contributed by atoms with Crippen LogP contribution in [0.4, 0.5) is 4.79 Å². The number of aromatic nitrogens is 3. The van der Waals surface area contributed by atoms with Gasteiger partial charge in [0.25, 0.3) is 0 Å². The first-order chi connectivity index (χ1) is 14.1. The Labute approximate surface area is 173 Å². The van der Waals surface area contributed by atoms with Crippen molar-refractivity contribution in [3.05, 3.63) is 66.2 Å². The maximum Gasteiger partial charge on any atom is 0.321 e. The highest BCUT2D eigenvalue weighted by Crippen LogP contribution is 2.36. The van der Waals surface area contributed by atoms with Crippen molar-refractivity contribution in [2.45, 2.75) is 30.8 Å². The number of nitrogens with zero attached hydrogens (tertiary/aromatic N) is 3. The molecule has 0 saturated heterocycles. The molecule has 1 atom stereocenters. The van der Waals surface area contributed by atoms with Gasteiger partial charge in [0.15, 0.2) is 11.0 Å². The maximum atomic E-state index is 12.9. The SMILES string of the molecule is CCNC(=O)NC(=O)[C@@H](Sc1nnc(-c2ccccc2)n1CC)c1ccccc1. The Morgan fingerprint density at radius 1 is 1.00 bits per heavy atom. The minimum atomic E-state index is -0.642. The van der Waals surface area contributed by atoms with Crippen LogP contribution in [-0.2, 0) is 11.3 Å². The lowest BCUT2D eigenvalue weighted by molar-refractivity contribution is -0.119. The number of carbonyl (C=O) groups excluding carboxylic acids is 2. The molecule has 3 aromatic rings. The van der Waals surface area contributed by atoms with Crippen LogP contribution in [0.5, 0.6) is 0 Å². The molecule has 0 aliphatic carbocycles. The summed E-state index contributed by atoms with van der Waals surface area (Å²) in [5.74, 6) is 0.339. The second kappa shape index (κ2) is 9.88. The number of carbonyl (C=O) groups is 2. The van der Waals surface area contributed by atoms with E-state index in [0.717, 1.165) is 17.0 Å². The summed E-state index contributed by atoms with van der Waals surface area (Å²) in [5.41, 5.74) is 1.74. The summed E-state index contributed by atoms with van der Waals surface area (Å²) in [6.45, 7) is 4.89. The standard InChI is InChI=1S/C21H23N5O2S/c1-3-22-20(28)23-19(27)17(15-11-7-5-8-12-15)29-21-25-24-18(26(21)4-2)16-13-9-6-10-14-16/h5-14,17H,3-4H2,1-2H3,(H2,22,23,27,28)/t17-/m0/s1. The molecular weight excluding hydrogens is 386 g/mol. The number of amides is 3. The van der Waals surface area contributed by atoms with E-state index in [-0.39, 0.29) is 0 Å². The smallest absolute Gasteiger partial charge is 0.321 e. The summed E-state index contributed by atoms with van der Waals surface area (Å²) < 4.78 is 1.97. The van der Waals surface area contributed by atoms with Crippen LogP contribution in [0.3, 0.4) is 0 Å². The maximum absolute atomic E-state index is 12.9. The number of benzene rings is 2. The first-order valence-corrected chi connectivity index (χ1v) is 10.3. The van der Waals surface area contributed by atoms with Crippen molar-refractivity contribution in [2.75, 3.05) is 6.54 Å². The second-order valence-corrected chi connectivity index (χ2v) is 7.25. The molecule has 2 aromatic carbocycles. The van der Waals surface area contributed by atoms with E-state index in [1.807, 2.05) is 72.2 Å². The van der Waals surface area contributed by atoms with Crippen molar-refractivity contribution in [1.29, 1.82) is 0 Å². The van der Waals surface area contributed by atoms with Crippen molar-refractivity contribution in [1.82, 2.24) is 25.4 Å². The van der Waals surface area contributed by atoms with E-state index in [1.165, 1.54) is 11.8 Å². The van der Waals surface area contributed by atoms with Gasteiger partial charge in [0.05, 0.1) is 0 Å². The van der Waals surface area contributed by atoms with Crippen molar-refractivity contribution in [3.63, 3.8) is 0 Å². The van der Waals surface area contributed by atoms with E-state index in [0.29, 0.717) is 18.2 Å². The summed E-state index contributed by atoms with van der Waals surface area (Å²) >= 11 is 1.27. The molecule has 0 aliphatic rings. The van der Waals surface area contributed by atoms with Gasteiger partial charge in [-0.3, -0.25) is 10.1 Å². The third-order valence-electron chi connectivity index (χ3n) is 4.20. The third-order valence-corrected chi connectivity index (χ3v) is 5.44. The van der Waals surface area contributed by atoms with Gasteiger partial charge >= 0.3 is 6.03 Å². The van der Waals surface area contributed by atoms with Crippen molar-refractivity contribution in [3.8, 4) is 11.4 Å². The van der Waals surface area contributed by atoms with E-state index in [2.05, 4.69) is 20.8 Å². The Hall–Kier alpha value is -3.13. The highest BCUT2D eigenvalue weighted by molar-refractivity contribution is 8.00. The molecule has 3 amide bonds. The van der Waals surface area contributed by atoms with Gasteiger partial charge in [-0.05, 0) is 19.4 Å². The van der Waals surface area contributed by atoms with Crippen molar-refractivity contribution >= 4 is 23.7 Å². The van der Waals surface area contributed by atoms with Gasteiger partial charge in [0.2, 0.25) is 5.91 Å². The fraction of sp³-hybridized carbons (Fsp3) is 0.238. The van der Waals surface area contributed by atoms with Gasteiger partial charge in [0.1, 0.15) is 5.25 Å². The van der Waals surface area contributed by atoms with Gasteiger partial charge in [-0.1, -0.05) is 72.4 Å². The van der Waals surface area contributed by atoms with E-state index >= 15 is 0 Å². The molecule has 8 heteroatoms. The predicted octanol–water partition coefficient (Wildman–Crippen LogP) is 3.64. The first-order valence-electron chi connectivity index (χ1n) is 9.43. The topological polar surface area (TPSA) is 88.9 Å². The molecule has 0 radical (unpaired) electrons. The number of nitrogens with one attached hydrogen (secondary N) is 2. The Morgan fingerprint density at radius 3 is 2.28 bits per heavy atom. The van der Waals surface area contributed by atoms with Crippen molar-refractivity contribution < 1.29 is 9.59 Å². The molecule has 1 aromatic heterocycles. The number of urea groups is 1. The minimum absolute atomic E-state index is 0.404. The van der Waals surface area contributed by atoms with Gasteiger partial charge < -0.3 is 9.88 Å². The molecule has 0 bridgehead atoms. The zero-order valence-corrected chi connectivity index (χ0v) is 17.1. The Balaban J connectivity index is 1.91. The minimum Gasteiger partial charge on any atom is -0.338 e. The molecule has 0 spiro atoms. The molecular formula is C21H23N5O2S. The zero-order chi connectivity index (χ0) is 20.6. The van der Waals surface area contributed by atoms with E-state index in [9.17, 15) is 9.59 Å². The van der Waals surface area contributed by atoms with Gasteiger partial charge in [-0.25, -0.2) is 4.79 Å². The lowest BCUT2D eigenvalue weighted by atomic mass is 10.1. The number of hydrogen-bond donors (Lipinski definition) is 2. The van der Waals surface area contributed by atoms with E-state index in [4.69, 9.17) is 0 Å². The number of imide groups is 1. The molecule has 150 valence electrons. The Kier molecular flexibility index (Phi) is 7.02. The predicted molar refractivity (Wildman–Crippen MR) is 113 cm³/mol. The van der Waals surface area contributed by atoms with Gasteiger partial charge in [-0.2, -0.15) is 0 Å². The van der Waals surface area contributed by atoms with Gasteiger partial charge in [0, 0.05) is 18.7 Å². The average Bonchev–Trinajstić information content (AvgIpc) is 3.16. The van der Waals surface area contributed by atoms with E-state index in [1.54, 1.807) is 6.92 Å².